The van der Waals surface area contributed by atoms with E-state index < -0.39 is 8.07 Å². The van der Waals surface area contributed by atoms with Gasteiger partial charge in [-0.05, 0) is 57.1 Å². The SMILES string of the molecule is c1ccc(-c2ccc(N(c3ccc([Si](c4ccccc4)(c4ccccc4)c4ccccc4)cc3)c3cccc4c3oc3ccccc34)cn2)cc1. The molecule has 4 heteroatoms. The number of furan rings is 1. The molecule has 0 radical (unpaired) electrons. The first-order chi connectivity index (χ1) is 25.3. The van der Waals surface area contributed by atoms with Crippen molar-refractivity contribution in [2.24, 2.45) is 0 Å². The fraction of sp³-hybridized carbons (Fsp3) is 0. The van der Waals surface area contributed by atoms with Gasteiger partial charge in [-0.2, -0.15) is 0 Å². The molecule has 0 aliphatic heterocycles. The van der Waals surface area contributed by atoms with Gasteiger partial charge in [-0.3, -0.25) is 4.98 Å². The second kappa shape index (κ2) is 13.1. The lowest BCUT2D eigenvalue weighted by molar-refractivity contribution is 0.669. The second-order valence-electron chi connectivity index (χ2n) is 12.8. The molecule has 2 aromatic heterocycles. The van der Waals surface area contributed by atoms with Gasteiger partial charge in [-0.1, -0.05) is 164 Å². The Hall–Kier alpha value is -6.49. The van der Waals surface area contributed by atoms with Crippen molar-refractivity contribution in [1.29, 1.82) is 0 Å². The topological polar surface area (TPSA) is 29.3 Å². The van der Waals surface area contributed by atoms with E-state index in [1.165, 1.54) is 20.7 Å². The highest BCUT2D eigenvalue weighted by atomic mass is 28.3. The van der Waals surface area contributed by atoms with Crippen LogP contribution in [0.5, 0.6) is 0 Å². The fourth-order valence-corrected chi connectivity index (χ4v) is 12.3. The zero-order valence-electron chi connectivity index (χ0n) is 27.9. The van der Waals surface area contributed by atoms with Crippen LogP contribution in [0.1, 0.15) is 0 Å². The average molecular weight is 671 g/mol. The number of aromatic nitrogens is 1. The summed E-state index contributed by atoms with van der Waals surface area (Å²) in [5, 5.41) is 7.54. The number of anilines is 3. The smallest absolute Gasteiger partial charge is 0.179 e. The van der Waals surface area contributed by atoms with Gasteiger partial charge in [0.2, 0.25) is 0 Å². The third kappa shape index (κ3) is 5.34. The van der Waals surface area contributed by atoms with E-state index in [1.807, 2.05) is 36.5 Å². The highest BCUT2D eigenvalue weighted by Crippen LogP contribution is 2.42. The van der Waals surface area contributed by atoms with Crippen molar-refractivity contribution >= 4 is 67.8 Å². The maximum absolute atomic E-state index is 6.60. The standard InChI is InChI=1S/C47H34N2OSi/c1-5-16-35(17-6-1)44-33-30-37(34-48-44)49(45-26-15-25-43-42-24-13-14-27-46(42)50-47(43)45)36-28-31-41(32-29-36)51(38-18-7-2-8-19-38,39-20-9-3-10-21-39)40-22-11-4-12-23-40/h1-34H. The van der Waals surface area contributed by atoms with Gasteiger partial charge in [0, 0.05) is 22.0 Å². The monoisotopic (exact) mass is 670 g/mol. The van der Waals surface area contributed by atoms with Crippen LogP contribution in [0.25, 0.3) is 33.2 Å². The Morgan fingerprint density at radius 1 is 0.412 bits per heavy atom. The molecule has 7 aromatic carbocycles. The first-order valence-corrected chi connectivity index (χ1v) is 19.3. The normalized spacial score (nSPS) is 11.5. The molecule has 2 heterocycles. The molecule has 9 aromatic rings. The number of hydrogen-bond acceptors (Lipinski definition) is 3. The minimum absolute atomic E-state index is 0.844. The predicted molar refractivity (Wildman–Crippen MR) is 215 cm³/mol. The molecule has 0 aliphatic carbocycles. The molecule has 0 spiro atoms. The molecular weight excluding hydrogens is 637 g/mol. The summed E-state index contributed by atoms with van der Waals surface area (Å²) in [6, 6.07) is 71.5. The molecule has 0 unspecified atom stereocenters. The third-order valence-corrected chi connectivity index (χ3v) is 14.7. The Bertz CT molecular complexity index is 2450. The lowest BCUT2D eigenvalue weighted by Gasteiger charge is -2.35. The third-order valence-electron chi connectivity index (χ3n) is 9.88. The first-order valence-electron chi connectivity index (χ1n) is 17.3. The number of fused-ring (bicyclic) bond motifs is 3. The molecule has 0 atom stereocenters. The Kier molecular flexibility index (Phi) is 7.84. The summed E-state index contributed by atoms with van der Waals surface area (Å²) < 4.78 is 6.60. The minimum Gasteiger partial charge on any atom is -0.454 e. The average Bonchev–Trinajstić information content (AvgIpc) is 3.60. The summed E-state index contributed by atoms with van der Waals surface area (Å²) in [4.78, 5) is 7.22. The molecule has 0 bridgehead atoms. The van der Waals surface area contributed by atoms with Crippen LogP contribution in [0.4, 0.5) is 17.1 Å². The van der Waals surface area contributed by atoms with Gasteiger partial charge >= 0.3 is 0 Å². The van der Waals surface area contributed by atoms with Crippen molar-refractivity contribution < 1.29 is 4.42 Å². The highest BCUT2D eigenvalue weighted by Gasteiger charge is 2.41. The van der Waals surface area contributed by atoms with Crippen molar-refractivity contribution in [3.63, 3.8) is 0 Å². The summed E-state index contributed by atoms with van der Waals surface area (Å²) >= 11 is 0. The maximum Gasteiger partial charge on any atom is 0.179 e. The van der Waals surface area contributed by atoms with E-state index in [0.29, 0.717) is 0 Å². The van der Waals surface area contributed by atoms with Crippen LogP contribution in [0.15, 0.2) is 211 Å². The molecule has 0 fully saturated rings. The van der Waals surface area contributed by atoms with E-state index in [-0.39, 0.29) is 0 Å². The molecule has 242 valence electrons. The number of rotatable bonds is 8. The quantitative estimate of drug-likeness (QED) is 0.119. The van der Waals surface area contributed by atoms with E-state index >= 15 is 0 Å². The van der Waals surface area contributed by atoms with E-state index in [1.54, 1.807) is 0 Å². The van der Waals surface area contributed by atoms with Gasteiger partial charge in [0.05, 0.1) is 23.3 Å². The fourth-order valence-electron chi connectivity index (χ4n) is 7.56. The van der Waals surface area contributed by atoms with Crippen molar-refractivity contribution in [3.05, 3.63) is 206 Å². The molecular formula is C47H34N2OSi. The van der Waals surface area contributed by atoms with Crippen LogP contribution in [-0.4, -0.2) is 13.1 Å². The first kappa shape index (κ1) is 30.6. The maximum atomic E-state index is 6.60. The minimum atomic E-state index is -2.68. The van der Waals surface area contributed by atoms with Gasteiger partial charge < -0.3 is 9.32 Å². The Labute approximate surface area is 298 Å². The van der Waals surface area contributed by atoms with Crippen molar-refractivity contribution in [2.45, 2.75) is 0 Å². The van der Waals surface area contributed by atoms with E-state index in [2.05, 4.69) is 175 Å². The van der Waals surface area contributed by atoms with Crippen LogP contribution in [0.3, 0.4) is 0 Å². The van der Waals surface area contributed by atoms with Gasteiger partial charge in [0.1, 0.15) is 5.58 Å². The molecule has 9 rings (SSSR count). The van der Waals surface area contributed by atoms with Crippen LogP contribution in [0.2, 0.25) is 0 Å². The van der Waals surface area contributed by atoms with Gasteiger partial charge in [0.25, 0.3) is 0 Å². The van der Waals surface area contributed by atoms with Crippen molar-refractivity contribution in [3.8, 4) is 11.3 Å². The number of benzene rings is 7. The summed E-state index contributed by atoms with van der Waals surface area (Å²) in [6.07, 6.45) is 1.97. The summed E-state index contributed by atoms with van der Waals surface area (Å²) in [5.41, 5.74) is 6.67. The van der Waals surface area contributed by atoms with Crippen molar-refractivity contribution in [1.82, 2.24) is 4.98 Å². The van der Waals surface area contributed by atoms with Crippen LogP contribution in [0, 0.1) is 0 Å². The number of para-hydroxylation sites is 2. The van der Waals surface area contributed by atoms with Crippen molar-refractivity contribution in [2.75, 3.05) is 4.90 Å². The number of pyridine rings is 1. The Morgan fingerprint density at radius 3 is 1.51 bits per heavy atom. The molecule has 3 nitrogen and oxygen atoms in total. The summed E-state index contributed by atoms with van der Waals surface area (Å²) in [5.74, 6) is 0. The molecule has 0 saturated carbocycles. The molecule has 0 N–H and O–H groups in total. The second-order valence-corrected chi connectivity index (χ2v) is 16.6. The Balaban J connectivity index is 1.25. The predicted octanol–water partition coefficient (Wildman–Crippen LogP) is 9.50. The molecule has 0 saturated heterocycles. The zero-order valence-corrected chi connectivity index (χ0v) is 28.9. The molecule has 0 amide bonds. The summed E-state index contributed by atoms with van der Waals surface area (Å²) in [7, 11) is -2.68. The zero-order chi connectivity index (χ0) is 34.0. The van der Waals surface area contributed by atoms with Crippen LogP contribution in [-0.2, 0) is 0 Å². The van der Waals surface area contributed by atoms with E-state index in [0.717, 1.165) is 50.3 Å². The van der Waals surface area contributed by atoms with Gasteiger partial charge in [0.15, 0.2) is 13.7 Å². The van der Waals surface area contributed by atoms with Crippen LogP contribution < -0.4 is 25.6 Å². The molecule has 0 aliphatic rings. The largest absolute Gasteiger partial charge is 0.454 e. The Morgan fingerprint density at radius 2 is 0.922 bits per heavy atom. The van der Waals surface area contributed by atoms with E-state index in [9.17, 15) is 0 Å². The number of nitrogens with zero attached hydrogens (tertiary/aromatic N) is 2. The van der Waals surface area contributed by atoms with Gasteiger partial charge in [-0.25, -0.2) is 0 Å². The summed E-state index contributed by atoms with van der Waals surface area (Å²) in [6.45, 7) is 0. The van der Waals surface area contributed by atoms with E-state index in [4.69, 9.17) is 9.40 Å². The van der Waals surface area contributed by atoms with Crippen LogP contribution >= 0.6 is 0 Å². The molecule has 51 heavy (non-hydrogen) atoms. The number of hydrogen-bond donors (Lipinski definition) is 0. The lowest BCUT2D eigenvalue weighted by Crippen LogP contribution is -2.74. The van der Waals surface area contributed by atoms with Gasteiger partial charge in [-0.15, -0.1) is 0 Å². The highest BCUT2D eigenvalue weighted by molar-refractivity contribution is 7.19. The lowest BCUT2D eigenvalue weighted by atomic mass is 10.1.